The van der Waals surface area contributed by atoms with Gasteiger partial charge in [0.2, 0.25) is 0 Å². The molecule has 1 aromatic carbocycles. The zero-order chi connectivity index (χ0) is 11.1. The molecule has 1 aliphatic carbocycles. The summed E-state index contributed by atoms with van der Waals surface area (Å²) in [4.78, 5) is 0. The molecule has 0 aromatic heterocycles. The van der Waals surface area contributed by atoms with Gasteiger partial charge in [-0.2, -0.15) is 0 Å². The van der Waals surface area contributed by atoms with Gasteiger partial charge >= 0.3 is 0 Å². The Morgan fingerprint density at radius 1 is 1.53 bits per heavy atom. The van der Waals surface area contributed by atoms with E-state index in [1.54, 1.807) is 25.3 Å². The second-order valence-electron chi connectivity index (χ2n) is 3.90. The molecule has 0 atom stereocenters. The van der Waals surface area contributed by atoms with Crippen molar-refractivity contribution >= 4 is 15.9 Å². The first-order valence-electron chi connectivity index (χ1n) is 4.76. The average Bonchev–Trinajstić information content (AvgIpc) is 2.17. The first kappa shape index (κ1) is 11.0. The number of aliphatic hydroxyl groups is 1. The summed E-state index contributed by atoms with van der Waals surface area (Å²) >= 11 is 3.11. The van der Waals surface area contributed by atoms with E-state index in [0.717, 1.165) is 0 Å². The molecular formula is C11H12BrFO2. The summed E-state index contributed by atoms with van der Waals surface area (Å²) in [5.41, 5.74) is -0.709. The van der Waals surface area contributed by atoms with E-state index in [1.807, 2.05) is 0 Å². The van der Waals surface area contributed by atoms with Gasteiger partial charge in [0.1, 0.15) is 5.82 Å². The van der Waals surface area contributed by atoms with E-state index < -0.39 is 5.60 Å². The maximum atomic E-state index is 13.7. The van der Waals surface area contributed by atoms with E-state index in [4.69, 9.17) is 4.74 Å². The van der Waals surface area contributed by atoms with E-state index in [1.165, 1.54) is 0 Å². The van der Waals surface area contributed by atoms with E-state index in [0.29, 0.717) is 22.9 Å². The lowest BCUT2D eigenvalue weighted by atomic mass is 9.72. The molecule has 1 fully saturated rings. The van der Waals surface area contributed by atoms with Crippen molar-refractivity contribution < 1.29 is 14.2 Å². The van der Waals surface area contributed by atoms with Crippen LogP contribution in [0.3, 0.4) is 0 Å². The summed E-state index contributed by atoms with van der Waals surface area (Å²) < 4.78 is 19.2. The summed E-state index contributed by atoms with van der Waals surface area (Å²) in [6.45, 7) is 0. The summed E-state index contributed by atoms with van der Waals surface area (Å²) in [5.74, 6) is -0.380. The molecule has 2 nitrogen and oxygen atoms in total. The van der Waals surface area contributed by atoms with Gasteiger partial charge in [0.25, 0.3) is 0 Å². The number of ether oxygens (including phenoxy) is 1. The minimum absolute atomic E-state index is 0.0355. The van der Waals surface area contributed by atoms with Crippen LogP contribution in [-0.2, 0) is 10.3 Å². The van der Waals surface area contributed by atoms with Crippen molar-refractivity contribution in [3.63, 3.8) is 0 Å². The quantitative estimate of drug-likeness (QED) is 0.899. The van der Waals surface area contributed by atoms with Gasteiger partial charge in [-0.15, -0.1) is 0 Å². The van der Waals surface area contributed by atoms with Crippen molar-refractivity contribution in [3.05, 3.63) is 34.1 Å². The highest BCUT2D eigenvalue weighted by molar-refractivity contribution is 9.10. The third kappa shape index (κ3) is 1.82. The maximum Gasteiger partial charge on any atom is 0.143 e. The number of hydrogen-bond donors (Lipinski definition) is 1. The highest BCUT2D eigenvalue weighted by Gasteiger charge is 2.46. The lowest BCUT2D eigenvalue weighted by Crippen LogP contribution is -2.46. The van der Waals surface area contributed by atoms with Gasteiger partial charge in [-0.3, -0.25) is 0 Å². The minimum Gasteiger partial charge on any atom is -0.385 e. The van der Waals surface area contributed by atoms with Gasteiger partial charge in [-0.05, 0) is 22.0 Å². The largest absolute Gasteiger partial charge is 0.385 e. The first-order chi connectivity index (χ1) is 7.07. The molecule has 1 saturated carbocycles. The second kappa shape index (κ2) is 3.85. The lowest BCUT2D eigenvalue weighted by molar-refractivity contribution is -0.134. The Kier molecular flexibility index (Phi) is 2.83. The number of hydrogen-bond acceptors (Lipinski definition) is 2. The van der Waals surface area contributed by atoms with Gasteiger partial charge in [0.15, 0.2) is 0 Å². The summed E-state index contributed by atoms with van der Waals surface area (Å²) in [7, 11) is 1.60. The molecule has 82 valence electrons. The van der Waals surface area contributed by atoms with Crippen LogP contribution in [0.1, 0.15) is 18.4 Å². The Morgan fingerprint density at radius 2 is 2.20 bits per heavy atom. The fourth-order valence-corrected chi connectivity index (χ4v) is 2.31. The number of benzene rings is 1. The summed E-state index contributed by atoms with van der Waals surface area (Å²) in [5, 5.41) is 10.1. The average molecular weight is 275 g/mol. The lowest BCUT2D eigenvalue weighted by Gasteiger charge is -2.43. The van der Waals surface area contributed by atoms with Crippen molar-refractivity contribution in [3.8, 4) is 0 Å². The standard InChI is InChI=1S/C11H12BrFO2/c1-15-7-5-11(14,6-7)8-3-2-4-9(12)10(8)13/h2-4,7,14H,5-6H2,1H3. The molecular weight excluding hydrogens is 263 g/mol. The molecule has 15 heavy (non-hydrogen) atoms. The second-order valence-corrected chi connectivity index (χ2v) is 4.75. The van der Waals surface area contributed by atoms with Crippen LogP contribution in [0.5, 0.6) is 0 Å². The van der Waals surface area contributed by atoms with Crippen LogP contribution >= 0.6 is 15.9 Å². The zero-order valence-corrected chi connectivity index (χ0v) is 9.92. The molecule has 0 amide bonds. The zero-order valence-electron chi connectivity index (χ0n) is 8.34. The fraction of sp³-hybridized carbons (Fsp3) is 0.455. The van der Waals surface area contributed by atoms with Gasteiger partial charge in [0, 0.05) is 25.5 Å². The molecule has 0 aliphatic heterocycles. The Bertz CT molecular complexity index is 375. The molecule has 1 aromatic rings. The molecule has 0 spiro atoms. The number of methoxy groups -OCH3 is 1. The van der Waals surface area contributed by atoms with E-state index in [2.05, 4.69) is 15.9 Å². The van der Waals surface area contributed by atoms with E-state index >= 15 is 0 Å². The van der Waals surface area contributed by atoms with E-state index in [9.17, 15) is 9.50 Å². The number of halogens is 2. The Hall–Kier alpha value is -0.450. The molecule has 0 radical (unpaired) electrons. The van der Waals surface area contributed by atoms with E-state index in [-0.39, 0.29) is 11.9 Å². The molecule has 0 unspecified atom stereocenters. The third-order valence-corrected chi connectivity index (χ3v) is 3.53. The van der Waals surface area contributed by atoms with Crippen LogP contribution in [0.25, 0.3) is 0 Å². The van der Waals surface area contributed by atoms with Crippen LogP contribution in [-0.4, -0.2) is 18.3 Å². The van der Waals surface area contributed by atoms with Gasteiger partial charge in [-0.1, -0.05) is 12.1 Å². The predicted octanol–water partition coefficient (Wildman–Crippen LogP) is 2.58. The Balaban J connectivity index is 2.27. The molecule has 0 bridgehead atoms. The van der Waals surface area contributed by atoms with Crippen molar-refractivity contribution in [2.75, 3.05) is 7.11 Å². The molecule has 1 N–H and O–H groups in total. The van der Waals surface area contributed by atoms with Crippen LogP contribution in [0.2, 0.25) is 0 Å². The molecule has 1 aliphatic rings. The molecule has 0 heterocycles. The van der Waals surface area contributed by atoms with Gasteiger partial charge in [-0.25, -0.2) is 4.39 Å². The first-order valence-corrected chi connectivity index (χ1v) is 5.56. The summed E-state index contributed by atoms with van der Waals surface area (Å²) in [6.07, 6.45) is 0.946. The van der Waals surface area contributed by atoms with Crippen LogP contribution in [0.15, 0.2) is 22.7 Å². The monoisotopic (exact) mass is 274 g/mol. The van der Waals surface area contributed by atoms with Crippen molar-refractivity contribution in [2.24, 2.45) is 0 Å². The molecule has 4 heteroatoms. The van der Waals surface area contributed by atoms with Crippen LogP contribution in [0.4, 0.5) is 4.39 Å². The van der Waals surface area contributed by atoms with Gasteiger partial charge in [0.05, 0.1) is 16.2 Å². The highest BCUT2D eigenvalue weighted by atomic mass is 79.9. The Morgan fingerprint density at radius 3 is 2.80 bits per heavy atom. The van der Waals surface area contributed by atoms with Gasteiger partial charge < -0.3 is 9.84 Å². The van der Waals surface area contributed by atoms with Crippen molar-refractivity contribution in [2.45, 2.75) is 24.5 Å². The SMILES string of the molecule is COC1CC(O)(c2cccc(Br)c2F)C1. The third-order valence-electron chi connectivity index (χ3n) is 2.92. The highest BCUT2D eigenvalue weighted by Crippen LogP contribution is 2.44. The van der Waals surface area contributed by atoms with Crippen LogP contribution < -0.4 is 0 Å². The minimum atomic E-state index is -1.06. The smallest absolute Gasteiger partial charge is 0.143 e. The number of rotatable bonds is 2. The fourth-order valence-electron chi connectivity index (χ4n) is 1.94. The topological polar surface area (TPSA) is 29.5 Å². The predicted molar refractivity (Wildman–Crippen MR) is 58.0 cm³/mol. The maximum absolute atomic E-state index is 13.7. The molecule has 2 rings (SSSR count). The normalized spacial score (nSPS) is 30.0. The van der Waals surface area contributed by atoms with Crippen LogP contribution in [0, 0.1) is 5.82 Å². The summed E-state index contributed by atoms with van der Waals surface area (Å²) in [6, 6.07) is 4.96. The van der Waals surface area contributed by atoms with Crippen molar-refractivity contribution in [1.82, 2.24) is 0 Å². The van der Waals surface area contributed by atoms with Crippen molar-refractivity contribution in [1.29, 1.82) is 0 Å². The molecule has 0 saturated heterocycles. The Labute approximate surface area is 96.2 Å².